The Morgan fingerprint density at radius 3 is 2.18 bits per heavy atom. The first-order valence-corrected chi connectivity index (χ1v) is 5.46. The number of rotatable bonds is 1. The second-order valence-corrected chi connectivity index (χ2v) is 4.26. The first-order chi connectivity index (χ1) is 7.89. The molecular weight excluding hydrogens is 353 g/mol. The minimum absolute atomic E-state index is 0.0158. The molecule has 1 aromatic carbocycles. The average Bonchev–Trinajstić information content (AvgIpc) is 2.61. The molecular formula is C10H4F4INO. The highest BCUT2D eigenvalue weighted by atomic mass is 127. The molecule has 0 amide bonds. The van der Waals surface area contributed by atoms with Crippen molar-refractivity contribution in [1.29, 1.82) is 0 Å². The maximum atomic E-state index is 12.7. The van der Waals surface area contributed by atoms with E-state index in [4.69, 9.17) is 0 Å². The zero-order chi connectivity index (χ0) is 12.6. The largest absolute Gasteiger partial charge is 0.437 e. The molecule has 0 atom stereocenters. The molecule has 0 aliphatic carbocycles. The summed E-state index contributed by atoms with van der Waals surface area (Å²) in [5.41, 5.74) is -0.726. The van der Waals surface area contributed by atoms with Gasteiger partial charge in [0.15, 0.2) is 5.76 Å². The van der Waals surface area contributed by atoms with E-state index < -0.39 is 17.7 Å². The fraction of sp³-hybridized carbons (Fsp3) is 0.100. The Kier molecular flexibility index (Phi) is 3.11. The summed E-state index contributed by atoms with van der Waals surface area (Å²) in [6.45, 7) is 0. The number of halogens is 5. The van der Waals surface area contributed by atoms with E-state index in [1.54, 1.807) is 0 Å². The first kappa shape index (κ1) is 12.3. The summed E-state index contributed by atoms with van der Waals surface area (Å²) in [7, 11) is 0. The van der Waals surface area contributed by atoms with Gasteiger partial charge < -0.3 is 4.52 Å². The van der Waals surface area contributed by atoms with Gasteiger partial charge in [-0.1, -0.05) is 5.16 Å². The highest BCUT2D eigenvalue weighted by Gasteiger charge is 2.38. The van der Waals surface area contributed by atoms with Gasteiger partial charge in [0.05, 0.1) is 3.57 Å². The molecule has 0 aliphatic rings. The highest BCUT2D eigenvalue weighted by molar-refractivity contribution is 14.1. The fourth-order valence-electron chi connectivity index (χ4n) is 1.24. The summed E-state index contributed by atoms with van der Waals surface area (Å²) in [5.74, 6) is -0.489. The van der Waals surface area contributed by atoms with Crippen LogP contribution in [0.2, 0.25) is 0 Å². The Balaban J connectivity index is 2.48. The van der Waals surface area contributed by atoms with Gasteiger partial charge in [0, 0.05) is 5.56 Å². The SMILES string of the molecule is Fc1ccc(-c2onc(C(F)(F)F)c2I)cc1. The van der Waals surface area contributed by atoms with E-state index in [9.17, 15) is 17.6 Å². The van der Waals surface area contributed by atoms with Crippen molar-refractivity contribution in [3.63, 3.8) is 0 Å². The van der Waals surface area contributed by atoms with Crippen molar-refractivity contribution >= 4 is 22.6 Å². The van der Waals surface area contributed by atoms with Gasteiger partial charge in [-0.15, -0.1) is 0 Å². The van der Waals surface area contributed by atoms with Crippen LogP contribution in [0.3, 0.4) is 0 Å². The van der Waals surface area contributed by atoms with Gasteiger partial charge in [-0.25, -0.2) is 4.39 Å². The number of benzene rings is 1. The molecule has 0 radical (unpaired) electrons. The van der Waals surface area contributed by atoms with Crippen LogP contribution in [-0.4, -0.2) is 5.16 Å². The molecule has 1 heterocycles. The first-order valence-electron chi connectivity index (χ1n) is 4.38. The third-order valence-electron chi connectivity index (χ3n) is 2.01. The summed E-state index contributed by atoms with van der Waals surface area (Å²) in [4.78, 5) is 0. The maximum absolute atomic E-state index is 12.7. The summed E-state index contributed by atoms with van der Waals surface area (Å²) in [5, 5.41) is 2.98. The van der Waals surface area contributed by atoms with Crippen molar-refractivity contribution in [2.75, 3.05) is 0 Å². The molecule has 90 valence electrons. The Hall–Kier alpha value is -1.12. The van der Waals surface area contributed by atoms with Gasteiger partial charge in [0.1, 0.15) is 5.82 Å². The van der Waals surface area contributed by atoms with E-state index in [1.807, 2.05) is 0 Å². The highest BCUT2D eigenvalue weighted by Crippen LogP contribution is 2.36. The van der Waals surface area contributed by atoms with E-state index in [-0.39, 0.29) is 9.33 Å². The van der Waals surface area contributed by atoms with Crippen LogP contribution in [0.1, 0.15) is 5.69 Å². The Morgan fingerprint density at radius 1 is 1.12 bits per heavy atom. The molecule has 0 saturated carbocycles. The monoisotopic (exact) mass is 357 g/mol. The number of aromatic nitrogens is 1. The number of nitrogens with zero attached hydrogens (tertiary/aromatic N) is 1. The molecule has 0 unspecified atom stereocenters. The molecule has 1 aromatic heterocycles. The predicted molar refractivity (Wildman–Crippen MR) is 59.6 cm³/mol. The lowest BCUT2D eigenvalue weighted by Crippen LogP contribution is -2.07. The molecule has 2 aromatic rings. The minimum Gasteiger partial charge on any atom is -0.355 e. The molecule has 0 N–H and O–H groups in total. The number of alkyl halides is 3. The third-order valence-corrected chi connectivity index (χ3v) is 3.01. The van der Waals surface area contributed by atoms with Crippen molar-refractivity contribution in [2.24, 2.45) is 0 Å². The van der Waals surface area contributed by atoms with E-state index in [1.165, 1.54) is 34.7 Å². The zero-order valence-electron chi connectivity index (χ0n) is 8.05. The summed E-state index contributed by atoms with van der Waals surface area (Å²) >= 11 is 1.50. The van der Waals surface area contributed by atoms with Gasteiger partial charge in [0.2, 0.25) is 5.69 Å². The second-order valence-electron chi connectivity index (χ2n) is 3.18. The number of hydrogen-bond acceptors (Lipinski definition) is 2. The second kappa shape index (κ2) is 4.28. The van der Waals surface area contributed by atoms with Gasteiger partial charge in [-0.05, 0) is 46.9 Å². The van der Waals surface area contributed by atoms with Crippen LogP contribution in [-0.2, 0) is 6.18 Å². The molecule has 0 saturated heterocycles. The molecule has 0 spiro atoms. The molecule has 0 bridgehead atoms. The summed E-state index contributed by atoms with van der Waals surface area (Å²) in [6.07, 6.45) is -4.56. The van der Waals surface area contributed by atoms with Crippen molar-refractivity contribution in [1.82, 2.24) is 5.16 Å². The topological polar surface area (TPSA) is 26.0 Å². The van der Waals surface area contributed by atoms with Crippen molar-refractivity contribution < 1.29 is 22.1 Å². The predicted octanol–water partition coefficient (Wildman–Crippen LogP) is 4.10. The van der Waals surface area contributed by atoms with Gasteiger partial charge in [-0.2, -0.15) is 13.2 Å². The zero-order valence-corrected chi connectivity index (χ0v) is 10.2. The average molecular weight is 357 g/mol. The van der Waals surface area contributed by atoms with Crippen LogP contribution in [0.25, 0.3) is 11.3 Å². The Morgan fingerprint density at radius 2 is 1.71 bits per heavy atom. The van der Waals surface area contributed by atoms with Crippen LogP contribution in [0.4, 0.5) is 17.6 Å². The van der Waals surface area contributed by atoms with Gasteiger partial charge >= 0.3 is 6.18 Å². The lowest BCUT2D eigenvalue weighted by atomic mass is 10.1. The van der Waals surface area contributed by atoms with Gasteiger partial charge in [0.25, 0.3) is 0 Å². The summed E-state index contributed by atoms with van der Waals surface area (Å²) < 4.78 is 54.5. The van der Waals surface area contributed by atoms with Crippen LogP contribution in [0.5, 0.6) is 0 Å². The molecule has 2 nitrogen and oxygen atoms in total. The van der Waals surface area contributed by atoms with E-state index in [2.05, 4.69) is 9.68 Å². The Bertz CT molecular complexity index is 532. The fourth-order valence-corrected chi connectivity index (χ4v) is 2.05. The van der Waals surface area contributed by atoms with Gasteiger partial charge in [-0.3, -0.25) is 0 Å². The minimum atomic E-state index is -4.56. The lowest BCUT2D eigenvalue weighted by Gasteiger charge is -2.01. The van der Waals surface area contributed by atoms with Crippen molar-refractivity contribution in [2.45, 2.75) is 6.18 Å². The molecule has 2 rings (SSSR count). The Labute approximate surface area is 107 Å². The molecule has 7 heteroatoms. The lowest BCUT2D eigenvalue weighted by molar-refractivity contribution is -0.143. The van der Waals surface area contributed by atoms with Crippen molar-refractivity contribution in [3.8, 4) is 11.3 Å². The summed E-state index contributed by atoms with van der Waals surface area (Å²) in [6, 6.07) is 4.94. The van der Waals surface area contributed by atoms with Crippen LogP contribution in [0, 0.1) is 9.39 Å². The van der Waals surface area contributed by atoms with Crippen LogP contribution < -0.4 is 0 Å². The third kappa shape index (κ3) is 2.43. The molecule has 0 aliphatic heterocycles. The number of hydrogen-bond donors (Lipinski definition) is 0. The van der Waals surface area contributed by atoms with Crippen LogP contribution >= 0.6 is 22.6 Å². The standard InChI is InChI=1S/C10H4F4INO/c11-6-3-1-5(2-4-6)8-7(15)9(16-17-8)10(12,13)14/h1-4H. The van der Waals surface area contributed by atoms with Crippen molar-refractivity contribution in [3.05, 3.63) is 39.3 Å². The van der Waals surface area contributed by atoms with E-state index >= 15 is 0 Å². The quantitative estimate of drug-likeness (QED) is 0.567. The normalized spacial score (nSPS) is 11.8. The van der Waals surface area contributed by atoms with E-state index in [0.717, 1.165) is 12.1 Å². The van der Waals surface area contributed by atoms with Crippen LogP contribution in [0.15, 0.2) is 28.8 Å². The van der Waals surface area contributed by atoms with E-state index in [0.29, 0.717) is 5.56 Å². The molecule has 0 fully saturated rings. The smallest absolute Gasteiger partial charge is 0.355 e. The molecule has 17 heavy (non-hydrogen) atoms. The maximum Gasteiger partial charge on any atom is 0.437 e.